The monoisotopic (exact) mass is 356 g/mol. The lowest BCUT2D eigenvalue weighted by molar-refractivity contribution is -0.131. The van der Waals surface area contributed by atoms with E-state index >= 15 is 0 Å². The van der Waals surface area contributed by atoms with Crippen LogP contribution in [0.3, 0.4) is 0 Å². The third-order valence-electron chi connectivity index (χ3n) is 5.49. The highest BCUT2D eigenvalue weighted by Crippen LogP contribution is 2.42. The molecular weight excluding hydrogens is 332 g/mol. The molecule has 1 aromatic carbocycles. The summed E-state index contributed by atoms with van der Waals surface area (Å²) in [6.07, 6.45) is 4.40. The third kappa shape index (κ3) is 3.37. The molecular formula is C19H24N4O3. The van der Waals surface area contributed by atoms with Gasteiger partial charge in [-0.05, 0) is 18.4 Å². The van der Waals surface area contributed by atoms with E-state index in [4.69, 9.17) is 4.74 Å². The maximum Gasteiger partial charge on any atom is 0.222 e. The van der Waals surface area contributed by atoms with Gasteiger partial charge in [0.05, 0.1) is 13.2 Å². The van der Waals surface area contributed by atoms with Crippen LogP contribution in [0, 0.1) is 0 Å². The molecule has 7 nitrogen and oxygen atoms in total. The van der Waals surface area contributed by atoms with E-state index in [1.54, 1.807) is 15.9 Å². The highest BCUT2D eigenvalue weighted by molar-refractivity contribution is 5.76. The van der Waals surface area contributed by atoms with Crippen LogP contribution in [0.15, 0.2) is 43.0 Å². The van der Waals surface area contributed by atoms with Crippen LogP contribution in [0.2, 0.25) is 0 Å². The Labute approximate surface area is 152 Å². The van der Waals surface area contributed by atoms with E-state index in [9.17, 15) is 9.90 Å². The first-order chi connectivity index (χ1) is 12.7. The predicted octanol–water partition coefficient (Wildman–Crippen LogP) is 1.20. The van der Waals surface area contributed by atoms with Crippen molar-refractivity contribution < 1.29 is 14.6 Å². The Morgan fingerprint density at radius 1 is 1.35 bits per heavy atom. The largest absolute Gasteiger partial charge is 0.388 e. The number of likely N-dealkylation sites (tertiary alicyclic amines) is 1. The van der Waals surface area contributed by atoms with Crippen LogP contribution >= 0.6 is 0 Å². The number of hydrogen-bond donors (Lipinski definition) is 1. The molecule has 1 aromatic heterocycles. The molecule has 0 unspecified atom stereocenters. The molecule has 2 aliphatic rings. The van der Waals surface area contributed by atoms with Crippen molar-refractivity contribution in [2.45, 2.75) is 43.4 Å². The van der Waals surface area contributed by atoms with Gasteiger partial charge in [-0.2, -0.15) is 5.10 Å². The van der Waals surface area contributed by atoms with Crippen LogP contribution in [0.5, 0.6) is 0 Å². The highest BCUT2D eigenvalue weighted by atomic mass is 16.5. The standard InChI is InChI=1S/C19H24N4O3/c24-17-10-22(18(25)7-4-8-23-14-20-13-21-23)12-19(17)9-16(11-26-19)15-5-2-1-3-6-15/h1-3,5-6,13-14,16-17,24H,4,7-12H2/t16-,17-,19-/m1/s1. The van der Waals surface area contributed by atoms with Crippen molar-refractivity contribution in [1.29, 1.82) is 0 Å². The van der Waals surface area contributed by atoms with Gasteiger partial charge in [-0.15, -0.1) is 0 Å². The lowest BCUT2D eigenvalue weighted by Gasteiger charge is -2.26. The summed E-state index contributed by atoms with van der Waals surface area (Å²) in [5.74, 6) is 0.334. The summed E-state index contributed by atoms with van der Waals surface area (Å²) in [6.45, 7) is 2.08. The van der Waals surface area contributed by atoms with Crippen LogP contribution in [0.1, 0.15) is 30.7 Å². The number of benzene rings is 1. The first-order valence-corrected chi connectivity index (χ1v) is 9.13. The summed E-state index contributed by atoms with van der Waals surface area (Å²) in [4.78, 5) is 18.2. The Morgan fingerprint density at radius 2 is 2.19 bits per heavy atom. The summed E-state index contributed by atoms with van der Waals surface area (Å²) in [5.41, 5.74) is 0.608. The van der Waals surface area contributed by atoms with Gasteiger partial charge >= 0.3 is 0 Å². The molecule has 1 N–H and O–H groups in total. The molecule has 4 rings (SSSR count). The van der Waals surface area contributed by atoms with Crippen molar-refractivity contribution in [2.75, 3.05) is 19.7 Å². The maximum absolute atomic E-state index is 12.5. The number of carbonyl (C=O) groups excluding carboxylic acids is 1. The van der Waals surface area contributed by atoms with E-state index < -0.39 is 11.7 Å². The lowest BCUT2D eigenvalue weighted by atomic mass is 9.87. The molecule has 26 heavy (non-hydrogen) atoms. The highest BCUT2D eigenvalue weighted by Gasteiger charge is 2.53. The van der Waals surface area contributed by atoms with E-state index in [1.807, 2.05) is 18.2 Å². The lowest BCUT2D eigenvalue weighted by Crippen LogP contribution is -2.41. The minimum Gasteiger partial charge on any atom is -0.388 e. The van der Waals surface area contributed by atoms with E-state index in [2.05, 4.69) is 22.2 Å². The van der Waals surface area contributed by atoms with Gasteiger partial charge in [0.15, 0.2) is 0 Å². The normalized spacial score (nSPS) is 28.1. The number of β-amino-alcohol motifs (C(OH)–C–C–N with tert-alkyl or cyclic N) is 1. The van der Waals surface area contributed by atoms with Crippen molar-refractivity contribution in [3.05, 3.63) is 48.5 Å². The molecule has 2 fully saturated rings. The average molecular weight is 356 g/mol. The number of aryl methyl sites for hydroxylation is 1. The molecule has 1 spiro atoms. The first kappa shape index (κ1) is 17.2. The van der Waals surface area contributed by atoms with E-state index in [0.717, 1.165) is 6.42 Å². The molecule has 0 bridgehead atoms. The fourth-order valence-corrected chi connectivity index (χ4v) is 4.04. The predicted molar refractivity (Wildman–Crippen MR) is 94.3 cm³/mol. The number of aliphatic hydroxyl groups excluding tert-OH is 1. The van der Waals surface area contributed by atoms with Gasteiger partial charge < -0.3 is 14.7 Å². The molecule has 2 aromatic rings. The van der Waals surface area contributed by atoms with Crippen LogP contribution in [-0.4, -0.2) is 62.1 Å². The van der Waals surface area contributed by atoms with Gasteiger partial charge in [0, 0.05) is 25.4 Å². The average Bonchev–Trinajstić information content (AvgIpc) is 3.38. The minimum atomic E-state index is -0.629. The SMILES string of the molecule is O=C(CCCn1cncn1)N1C[C@@H](O)[C@@]2(C[C@@H](c3ccccc3)CO2)C1. The Kier molecular flexibility index (Phi) is 4.74. The van der Waals surface area contributed by atoms with Gasteiger partial charge in [-0.3, -0.25) is 9.48 Å². The Hall–Kier alpha value is -2.25. The first-order valence-electron chi connectivity index (χ1n) is 9.13. The fourth-order valence-electron chi connectivity index (χ4n) is 4.04. The molecule has 3 heterocycles. The van der Waals surface area contributed by atoms with Gasteiger partial charge in [0.2, 0.25) is 5.91 Å². The zero-order valence-electron chi connectivity index (χ0n) is 14.7. The summed E-state index contributed by atoms with van der Waals surface area (Å²) in [5, 5.41) is 14.6. The maximum atomic E-state index is 12.5. The summed E-state index contributed by atoms with van der Waals surface area (Å²) in [7, 11) is 0. The number of ether oxygens (including phenoxy) is 1. The van der Waals surface area contributed by atoms with Crippen molar-refractivity contribution in [1.82, 2.24) is 19.7 Å². The zero-order chi connectivity index (χ0) is 18.0. The number of rotatable bonds is 5. The Balaban J connectivity index is 1.33. The van der Waals surface area contributed by atoms with E-state index in [-0.39, 0.29) is 11.8 Å². The molecule has 2 saturated heterocycles. The minimum absolute atomic E-state index is 0.0628. The number of aromatic nitrogens is 3. The Morgan fingerprint density at radius 3 is 2.96 bits per heavy atom. The number of amides is 1. The van der Waals surface area contributed by atoms with Crippen LogP contribution in [-0.2, 0) is 16.1 Å². The van der Waals surface area contributed by atoms with Crippen molar-refractivity contribution in [2.24, 2.45) is 0 Å². The number of carbonyl (C=O) groups is 1. The zero-order valence-corrected chi connectivity index (χ0v) is 14.7. The summed E-state index contributed by atoms with van der Waals surface area (Å²) in [6, 6.07) is 10.2. The van der Waals surface area contributed by atoms with Crippen LogP contribution in [0.25, 0.3) is 0 Å². The third-order valence-corrected chi connectivity index (χ3v) is 5.49. The molecule has 0 radical (unpaired) electrons. The second-order valence-electron chi connectivity index (χ2n) is 7.24. The number of hydrogen-bond acceptors (Lipinski definition) is 5. The van der Waals surface area contributed by atoms with E-state index in [0.29, 0.717) is 39.1 Å². The molecule has 1 amide bonds. The van der Waals surface area contributed by atoms with Crippen molar-refractivity contribution in [3.8, 4) is 0 Å². The van der Waals surface area contributed by atoms with Gasteiger partial charge in [0.25, 0.3) is 0 Å². The smallest absolute Gasteiger partial charge is 0.222 e. The molecule has 7 heteroatoms. The molecule has 0 aliphatic carbocycles. The second-order valence-corrected chi connectivity index (χ2v) is 7.24. The van der Waals surface area contributed by atoms with Gasteiger partial charge in [0.1, 0.15) is 24.4 Å². The van der Waals surface area contributed by atoms with Crippen molar-refractivity contribution >= 4 is 5.91 Å². The molecule has 0 saturated carbocycles. The Bertz CT molecular complexity index is 737. The summed E-state index contributed by atoms with van der Waals surface area (Å²) < 4.78 is 7.78. The van der Waals surface area contributed by atoms with Crippen molar-refractivity contribution in [3.63, 3.8) is 0 Å². The molecule has 2 aliphatic heterocycles. The van der Waals surface area contributed by atoms with Gasteiger partial charge in [-0.1, -0.05) is 30.3 Å². The summed E-state index contributed by atoms with van der Waals surface area (Å²) >= 11 is 0. The number of aliphatic hydroxyl groups is 1. The topological polar surface area (TPSA) is 80.5 Å². The number of nitrogens with zero attached hydrogens (tertiary/aromatic N) is 4. The van der Waals surface area contributed by atoms with Crippen LogP contribution < -0.4 is 0 Å². The second kappa shape index (κ2) is 7.17. The fraction of sp³-hybridized carbons (Fsp3) is 0.526. The van der Waals surface area contributed by atoms with E-state index in [1.165, 1.54) is 11.9 Å². The van der Waals surface area contributed by atoms with Crippen LogP contribution in [0.4, 0.5) is 0 Å². The molecule has 138 valence electrons. The quantitative estimate of drug-likeness (QED) is 0.871. The van der Waals surface area contributed by atoms with Gasteiger partial charge in [-0.25, -0.2) is 4.98 Å². The molecule has 3 atom stereocenters.